The van der Waals surface area contributed by atoms with Gasteiger partial charge in [0.15, 0.2) is 0 Å². The number of carboxylic acid groups (broad SMARTS) is 1. The van der Waals surface area contributed by atoms with E-state index in [4.69, 9.17) is 11.6 Å². The fourth-order valence-electron chi connectivity index (χ4n) is 2.14. The number of carbonyl (C=O) groups is 1. The Balaban J connectivity index is 2.43. The first-order valence-electron chi connectivity index (χ1n) is 5.63. The minimum absolute atomic E-state index is 0.0999. The maximum Gasteiger partial charge on any atom is 0.339 e. The Hall–Kier alpha value is -2.33. The second-order valence-corrected chi connectivity index (χ2v) is 4.39. The minimum atomic E-state index is -1.05. The van der Waals surface area contributed by atoms with Crippen molar-refractivity contribution in [1.82, 2.24) is 9.55 Å². The highest BCUT2D eigenvalue weighted by molar-refractivity contribution is 6.35. The average molecular weight is 273 g/mol. The summed E-state index contributed by atoms with van der Waals surface area (Å²) < 4.78 is 1.69. The molecule has 0 amide bonds. The molecule has 19 heavy (non-hydrogen) atoms. The molecule has 0 atom stereocenters. The molecular formula is C14H9ClN2O2. The number of carboxylic acids is 1. The number of nitrogens with zero attached hydrogens (tertiary/aromatic N) is 2. The molecule has 0 radical (unpaired) electrons. The van der Waals surface area contributed by atoms with Crippen LogP contribution < -0.4 is 0 Å². The summed E-state index contributed by atoms with van der Waals surface area (Å²) in [6.07, 6.45) is 3.17. The third-order valence-corrected chi connectivity index (χ3v) is 3.30. The van der Waals surface area contributed by atoms with E-state index in [2.05, 4.69) is 4.98 Å². The summed E-state index contributed by atoms with van der Waals surface area (Å²) in [5.41, 5.74) is 1.58. The zero-order chi connectivity index (χ0) is 13.4. The number of rotatable bonds is 2. The van der Waals surface area contributed by atoms with Crippen molar-refractivity contribution in [1.29, 1.82) is 0 Å². The van der Waals surface area contributed by atoms with Gasteiger partial charge in [-0.2, -0.15) is 0 Å². The van der Waals surface area contributed by atoms with Crippen LogP contribution >= 0.6 is 11.6 Å². The standard InChI is InChI=1S/C14H9ClN2O2/c15-13-12(14(18)19)10-6-7-16-8-11(10)17(13)9-4-2-1-3-5-9/h1-8H,(H,18,19). The van der Waals surface area contributed by atoms with Crippen LogP contribution in [0, 0.1) is 0 Å². The van der Waals surface area contributed by atoms with Gasteiger partial charge in [0.25, 0.3) is 0 Å². The van der Waals surface area contributed by atoms with Gasteiger partial charge in [-0.15, -0.1) is 0 Å². The lowest BCUT2D eigenvalue weighted by Gasteiger charge is -2.06. The van der Waals surface area contributed by atoms with Gasteiger partial charge in [0.2, 0.25) is 0 Å². The van der Waals surface area contributed by atoms with Gasteiger partial charge in [-0.25, -0.2) is 4.79 Å². The zero-order valence-electron chi connectivity index (χ0n) is 9.75. The van der Waals surface area contributed by atoms with Gasteiger partial charge in [0.1, 0.15) is 10.7 Å². The van der Waals surface area contributed by atoms with Crippen molar-refractivity contribution in [2.24, 2.45) is 0 Å². The molecule has 5 heteroatoms. The molecule has 1 N–H and O–H groups in total. The molecule has 94 valence electrons. The summed E-state index contributed by atoms with van der Waals surface area (Å²) >= 11 is 6.24. The molecule has 3 aromatic rings. The van der Waals surface area contributed by atoms with Crippen LogP contribution in [-0.2, 0) is 0 Å². The molecule has 0 aliphatic carbocycles. The molecule has 0 fully saturated rings. The van der Waals surface area contributed by atoms with Crippen LogP contribution in [0.1, 0.15) is 10.4 Å². The molecule has 1 aromatic carbocycles. The monoisotopic (exact) mass is 272 g/mol. The largest absolute Gasteiger partial charge is 0.478 e. The number of para-hydroxylation sites is 1. The molecule has 0 aliphatic rings. The lowest BCUT2D eigenvalue weighted by atomic mass is 10.2. The Morgan fingerprint density at radius 2 is 1.95 bits per heavy atom. The number of pyridine rings is 1. The normalized spacial score (nSPS) is 10.8. The third kappa shape index (κ3) is 1.77. The summed E-state index contributed by atoms with van der Waals surface area (Å²) in [7, 11) is 0. The van der Waals surface area contributed by atoms with E-state index < -0.39 is 5.97 Å². The molecule has 3 rings (SSSR count). The summed E-state index contributed by atoms with van der Waals surface area (Å²) in [4.78, 5) is 15.4. The maximum atomic E-state index is 11.4. The van der Waals surface area contributed by atoms with Crippen molar-refractivity contribution in [3.05, 3.63) is 59.5 Å². The van der Waals surface area contributed by atoms with Crippen molar-refractivity contribution in [3.8, 4) is 5.69 Å². The second kappa shape index (κ2) is 4.40. The van der Waals surface area contributed by atoms with Crippen molar-refractivity contribution >= 4 is 28.5 Å². The van der Waals surface area contributed by atoms with Gasteiger partial charge in [-0.1, -0.05) is 29.8 Å². The van der Waals surface area contributed by atoms with Crippen molar-refractivity contribution in [2.75, 3.05) is 0 Å². The smallest absolute Gasteiger partial charge is 0.339 e. The van der Waals surface area contributed by atoms with Gasteiger partial charge in [0, 0.05) is 17.3 Å². The molecular weight excluding hydrogens is 264 g/mol. The molecule has 0 spiro atoms. The van der Waals surface area contributed by atoms with Gasteiger partial charge in [-0.05, 0) is 18.2 Å². The van der Waals surface area contributed by atoms with Crippen molar-refractivity contribution in [2.45, 2.75) is 0 Å². The van der Waals surface area contributed by atoms with Crippen molar-refractivity contribution in [3.63, 3.8) is 0 Å². The number of aromatic carboxylic acids is 1. The summed E-state index contributed by atoms with van der Waals surface area (Å²) in [5.74, 6) is -1.05. The van der Waals surface area contributed by atoms with E-state index in [1.54, 1.807) is 23.0 Å². The number of benzene rings is 1. The van der Waals surface area contributed by atoms with Crippen molar-refractivity contribution < 1.29 is 9.90 Å². The van der Waals surface area contributed by atoms with Gasteiger partial charge in [-0.3, -0.25) is 9.55 Å². The lowest BCUT2D eigenvalue weighted by Crippen LogP contribution is -1.98. The molecule has 0 saturated heterocycles. The Kier molecular flexibility index (Phi) is 2.72. The number of hydrogen-bond donors (Lipinski definition) is 1. The van der Waals surface area contributed by atoms with Crippen LogP contribution in [0.3, 0.4) is 0 Å². The van der Waals surface area contributed by atoms with E-state index in [1.165, 1.54) is 0 Å². The Morgan fingerprint density at radius 1 is 1.21 bits per heavy atom. The van der Waals surface area contributed by atoms with Crippen LogP contribution in [-0.4, -0.2) is 20.6 Å². The molecule has 0 saturated carbocycles. The van der Waals surface area contributed by atoms with E-state index >= 15 is 0 Å². The van der Waals surface area contributed by atoms with Crippen LogP contribution in [0.25, 0.3) is 16.6 Å². The van der Waals surface area contributed by atoms with Crippen LogP contribution in [0.5, 0.6) is 0 Å². The number of fused-ring (bicyclic) bond motifs is 1. The van der Waals surface area contributed by atoms with E-state index in [-0.39, 0.29) is 10.7 Å². The molecule has 0 unspecified atom stereocenters. The predicted octanol–water partition coefficient (Wildman–Crippen LogP) is 3.38. The second-order valence-electron chi connectivity index (χ2n) is 4.03. The van der Waals surface area contributed by atoms with E-state index in [0.29, 0.717) is 10.9 Å². The Morgan fingerprint density at radius 3 is 2.63 bits per heavy atom. The number of aromatic nitrogens is 2. The highest BCUT2D eigenvalue weighted by atomic mass is 35.5. The van der Waals surface area contributed by atoms with E-state index in [9.17, 15) is 9.90 Å². The average Bonchev–Trinajstić information content (AvgIpc) is 2.71. The zero-order valence-corrected chi connectivity index (χ0v) is 10.5. The number of hydrogen-bond acceptors (Lipinski definition) is 2. The van der Waals surface area contributed by atoms with Crippen LogP contribution in [0.15, 0.2) is 48.8 Å². The fourth-order valence-corrected chi connectivity index (χ4v) is 2.51. The van der Waals surface area contributed by atoms with Crippen LogP contribution in [0.2, 0.25) is 5.15 Å². The highest BCUT2D eigenvalue weighted by Crippen LogP contribution is 2.32. The van der Waals surface area contributed by atoms with Gasteiger partial charge < -0.3 is 5.11 Å². The molecule has 2 aromatic heterocycles. The summed E-state index contributed by atoms with van der Waals surface area (Å²) in [6, 6.07) is 11.0. The number of halogens is 1. The highest BCUT2D eigenvalue weighted by Gasteiger charge is 2.21. The first-order valence-corrected chi connectivity index (χ1v) is 6.00. The minimum Gasteiger partial charge on any atom is -0.478 e. The summed E-state index contributed by atoms with van der Waals surface area (Å²) in [6.45, 7) is 0. The molecule has 4 nitrogen and oxygen atoms in total. The maximum absolute atomic E-state index is 11.4. The quantitative estimate of drug-likeness (QED) is 0.778. The Bertz CT molecular complexity index is 766. The topological polar surface area (TPSA) is 55.1 Å². The first-order chi connectivity index (χ1) is 9.20. The van der Waals surface area contributed by atoms with E-state index in [0.717, 1.165) is 5.69 Å². The SMILES string of the molecule is O=C(O)c1c(Cl)n(-c2ccccc2)c2cnccc12. The Labute approximate surface area is 113 Å². The van der Waals surface area contributed by atoms with Crippen LogP contribution in [0.4, 0.5) is 0 Å². The molecule has 0 bridgehead atoms. The third-order valence-electron chi connectivity index (χ3n) is 2.94. The van der Waals surface area contributed by atoms with E-state index in [1.807, 2.05) is 30.3 Å². The predicted molar refractivity (Wildman–Crippen MR) is 73.0 cm³/mol. The molecule has 0 aliphatic heterocycles. The first kappa shape index (κ1) is 11.7. The summed E-state index contributed by atoms with van der Waals surface area (Å²) in [5, 5.41) is 10.1. The lowest BCUT2D eigenvalue weighted by molar-refractivity contribution is 0.0699. The van der Waals surface area contributed by atoms with Gasteiger partial charge in [0.05, 0.1) is 11.7 Å². The van der Waals surface area contributed by atoms with Gasteiger partial charge >= 0.3 is 5.97 Å². The fraction of sp³-hybridized carbons (Fsp3) is 0. The molecule has 2 heterocycles.